The van der Waals surface area contributed by atoms with Crippen molar-refractivity contribution in [2.75, 3.05) is 12.4 Å². The normalized spacial score (nSPS) is 32.7. The fourth-order valence-corrected chi connectivity index (χ4v) is 3.40. The molecule has 0 amide bonds. The quantitative estimate of drug-likeness (QED) is 0.847. The number of hydrogen-bond acceptors (Lipinski definition) is 3. The zero-order valence-electron chi connectivity index (χ0n) is 10.7. The van der Waals surface area contributed by atoms with E-state index in [-0.39, 0.29) is 0 Å². The minimum absolute atomic E-state index is 0.632. The first kappa shape index (κ1) is 11.0. The second-order valence-corrected chi connectivity index (χ2v) is 5.61. The van der Waals surface area contributed by atoms with Gasteiger partial charge < -0.3 is 10.2 Å². The Labute approximate surface area is 103 Å². The van der Waals surface area contributed by atoms with Crippen LogP contribution >= 0.6 is 0 Å². The van der Waals surface area contributed by atoms with Crippen LogP contribution in [0.1, 0.15) is 31.2 Å². The molecule has 0 radical (unpaired) electrons. The molecular weight excluding hydrogens is 210 g/mol. The molecule has 17 heavy (non-hydrogen) atoms. The Bertz CT molecular complexity index is 390. The molecule has 2 fully saturated rings. The Morgan fingerprint density at radius 1 is 1.24 bits per heavy atom. The van der Waals surface area contributed by atoms with E-state index in [1.807, 2.05) is 12.4 Å². The summed E-state index contributed by atoms with van der Waals surface area (Å²) >= 11 is 0. The summed E-state index contributed by atoms with van der Waals surface area (Å²) in [5, 5.41) is 3.65. The van der Waals surface area contributed by atoms with Gasteiger partial charge in [0.15, 0.2) is 0 Å². The third-order valence-electron chi connectivity index (χ3n) is 4.34. The van der Waals surface area contributed by atoms with Crippen LogP contribution in [0.2, 0.25) is 0 Å². The van der Waals surface area contributed by atoms with Crippen molar-refractivity contribution in [2.24, 2.45) is 0 Å². The minimum atomic E-state index is 0.632. The minimum Gasteiger partial charge on any atom is -0.381 e. The molecule has 3 heterocycles. The molecule has 0 saturated carbocycles. The summed E-state index contributed by atoms with van der Waals surface area (Å²) < 4.78 is 0. The predicted molar refractivity (Wildman–Crippen MR) is 70.2 cm³/mol. The number of nitrogens with one attached hydrogen (secondary N) is 1. The highest BCUT2D eigenvalue weighted by Gasteiger charge is 2.38. The predicted octanol–water partition coefficient (Wildman–Crippen LogP) is 2.43. The standard InChI is InChI=1S/C14H21N3/c1-10-5-12(9-15-8-10)16-11-6-13-3-4-14(7-11)17(13)2/h5,8-9,11,13-14,16H,3-4,6-7H2,1-2H3. The van der Waals surface area contributed by atoms with Gasteiger partial charge in [-0.1, -0.05) is 0 Å². The van der Waals surface area contributed by atoms with Crippen LogP contribution in [-0.4, -0.2) is 35.1 Å². The molecule has 0 aliphatic carbocycles. The van der Waals surface area contributed by atoms with Gasteiger partial charge in [0.25, 0.3) is 0 Å². The Hall–Kier alpha value is -1.09. The molecule has 3 nitrogen and oxygen atoms in total. The Balaban J connectivity index is 1.67. The van der Waals surface area contributed by atoms with Crippen molar-refractivity contribution >= 4 is 5.69 Å². The van der Waals surface area contributed by atoms with E-state index in [9.17, 15) is 0 Å². The van der Waals surface area contributed by atoms with Crippen LogP contribution in [-0.2, 0) is 0 Å². The number of hydrogen-bond donors (Lipinski definition) is 1. The first-order valence-corrected chi connectivity index (χ1v) is 6.62. The molecule has 2 aliphatic rings. The van der Waals surface area contributed by atoms with E-state index >= 15 is 0 Å². The zero-order valence-corrected chi connectivity index (χ0v) is 10.7. The van der Waals surface area contributed by atoms with E-state index in [1.165, 1.54) is 36.9 Å². The third kappa shape index (κ3) is 2.16. The van der Waals surface area contributed by atoms with Crippen molar-refractivity contribution in [3.05, 3.63) is 24.0 Å². The zero-order chi connectivity index (χ0) is 11.8. The maximum atomic E-state index is 4.25. The topological polar surface area (TPSA) is 28.2 Å². The maximum absolute atomic E-state index is 4.25. The lowest BCUT2D eigenvalue weighted by atomic mass is 9.98. The van der Waals surface area contributed by atoms with Crippen LogP contribution in [0.5, 0.6) is 0 Å². The molecule has 2 saturated heterocycles. The molecule has 3 heteroatoms. The fourth-order valence-electron chi connectivity index (χ4n) is 3.40. The largest absolute Gasteiger partial charge is 0.381 e. The van der Waals surface area contributed by atoms with Crippen molar-refractivity contribution in [1.82, 2.24) is 9.88 Å². The monoisotopic (exact) mass is 231 g/mol. The van der Waals surface area contributed by atoms with Gasteiger partial charge in [-0.3, -0.25) is 4.98 Å². The van der Waals surface area contributed by atoms with E-state index in [1.54, 1.807) is 0 Å². The molecule has 2 aliphatic heterocycles. The Morgan fingerprint density at radius 2 is 1.94 bits per heavy atom. The molecule has 2 atom stereocenters. The van der Waals surface area contributed by atoms with Gasteiger partial charge in [-0.25, -0.2) is 0 Å². The number of rotatable bonds is 2. The van der Waals surface area contributed by atoms with Crippen LogP contribution in [0, 0.1) is 6.92 Å². The van der Waals surface area contributed by atoms with Crippen LogP contribution in [0.3, 0.4) is 0 Å². The van der Waals surface area contributed by atoms with Crippen LogP contribution < -0.4 is 5.32 Å². The van der Waals surface area contributed by atoms with E-state index < -0.39 is 0 Å². The van der Waals surface area contributed by atoms with Gasteiger partial charge in [-0.2, -0.15) is 0 Å². The molecule has 1 aromatic rings. The average molecular weight is 231 g/mol. The smallest absolute Gasteiger partial charge is 0.0531 e. The van der Waals surface area contributed by atoms with Crippen LogP contribution in [0.4, 0.5) is 5.69 Å². The van der Waals surface area contributed by atoms with Crippen LogP contribution in [0.15, 0.2) is 18.5 Å². The first-order valence-electron chi connectivity index (χ1n) is 6.62. The van der Waals surface area contributed by atoms with E-state index in [0.717, 1.165) is 12.1 Å². The van der Waals surface area contributed by atoms with Gasteiger partial charge in [-0.15, -0.1) is 0 Å². The number of piperidine rings is 1. The summed E-state index contributed by atoms with van der Waals surface area (Å²) in [6.45, 7) is 2.09. The number of nitrogens with zero attached hydrogens (tertiary/aromatic N) is 2. The summed E-state index contributed by atoms with van der Waals surface area (Å²) in [4.78, 5) is 6.82. The molecular formula is C14H21N3. The number of pyridine rings is 1. The van der Waals surface area contributed by atoms with Gasteiger partial charge in [0.1, 0.15) is 0 Å². The second kappa shape index (κ2) is 4.30. The number of aromatic nitrogens is 1. The first-order chi connectivity index (χ1) is 8.22. The lowest BCUT2D eigenvalue weighted by Gasteiger charge is -2.37. The van der Waals surface area contributed by atoms with Crippen molar-refractivity contribution in [3.63, 3.8) is 0 Å². The molecule has 0 spiro atoms. The Morgan fingerprint density at radius 3 is 2.59 bits per heavy atom. The highest BCUT2D eigenvalue weighted by molar-refractivity contribution is 5.43. The fraction of sp³-hybridized carbons (Fsp3) is 0.643. The summed E-state index contributed by atoms with van der Waals surface area (Å²) in [6, 6.07) is 4.41. The van der Waals surface area contributed by atoms with E-state index in [2.05, 4.69) is 35.2 Å². The maximum Gasteiger partial charge on any atom is 0.0531 e. The molecule has 0 aromatic carbocycles. The highest BCUT2D eigenvalue weighted by atomic mass is 15.2. The molecule has 2 unspecified atom stereocenters. The summed E-state index contributed by atoms with van der Waals surface area (Å²) in [5.74, 6) is 0. The Kier molecular flexibility index (Phi) is 2.79. The molecule has 1 N–H and O–H groups in total. The third-order valence-corrected chi connectivity index (χ3v) is 4.34. The molecule has 1 aromatic heterocycles. The highest BCUT2D eigenvalue weighted by Crippen LogP contribution is 2.35. The van der Waals surface area contributed by atoms with Crippen molar-refractivity contribution < 1.29 is 0 Å². The average Bonchev–Trinajstić information content (AvgIpc) is 2.52. The summed E-state index contributed by atoms with van der Waals surface area (Å²) in [5.41, 5.74) is 2.41. The number of fused-ring (bicyclic) bond motifs is 2. The van der Waals surface area contributed by atoms with Gasteiger partial charge in [0, 0.05) is 30.5 Å². The van der Waals surface area contributed by atoms with Crippen molar-refractivity contribution in [2.45, 2.75) is 50.7 Å². The van der Waals surface area contributed by atoms with Gasteiger partial charge >= 0.3 is 0 Å². The number of aryl methyl sites for hydroxylation is 1. The van der Waals surface area contributed by atoms with Crippen molar-refractivity contribution in [3.8, 4) is 0 Å². The van der Waals surface area contributed by atoms with E-state index in [4.69, 9.17) is 0 Å². The second-order valence-electron chi connectivity index (χ2n) is 5.61. The molecule has 3 rings (SSSR count). The van der Waals surface area contributed by atoms with Crippen LogP contribution in [0.25, 0.3) is 0 Å². The van der Waals surface area contributed by atoms with Gasteiger partial charge in [0.2, 0.25) is 0 Å². The van der Waals surface area contributed by atoms with Gasteiger partial charge in [0.05, 0.1) is 5.69 Å². The SMILES string of the molecule is Cc1cncc(NC2CC3CCC(C2)N3C)c1. The lowest BCUT2D eigenvalue weighted by molar-refractivity contribution is 0.169. The van der Waals surface area contributed by atoms with E-state index in [0.29, 0.717) is 6.04 Å². The van der Waals surface area contributed by atoms with Crippen molar-refractivity contribution in [1.29, 1.82) is 0 Å². The lowest BCUT2D eigenvalue weighted by Crippen LogP contribution is -2.44. The summed E-state index contributed by atoms with van der Waals surface area (Å²) in [7, 11) is 2.28. The summed E-state index contributed by atoms with van der Waals surface area (Å²) in [6.07, 6.45) is 9.16. The number of anilines is 1. The molecule has 2 bridgehead atoms. The molecule has 92 valence electrons. The van der Waals surface area contributed by atoms with Gasteiger partial charge in [-0.05, 0) is 51.3 Å².